The first-order valence-electron chi connectivity index (χ1n) is 23.7. The monoisotopic (exact) mass is 1020 g/mol. The Morgan fingerprint density at radius 2 is 1.15 bits per heavy atom. The van der Waals surface area contributed by atoms with E-state index in [0.29, 0.717) is 11.1 Å². The van der Waals surface area contributed by atoms with Gasteiger partial charge >= 0.3 is 5.97 Å². The third kappa shape index (κ3) is 18.3. The van der Waals surface area contributed by atoms with Crippen LogP contribution in [0.15, 0.2) is 84.9 Å². The molecule has 0 unspecified atom stereocenters. The van der Waals surface area contributed by atoms with Crippen LogP contribution in [0.25, 0.3) is 0 Å². The van der Waals surface area contributed by atoms with Gasteiger partial charge in [-0.05, 0) is 60.6 Å². The van der Waals surface area contributed by atoms with Crippen molar-refractivity contribution < 1.29 is 77.8 Å². The van der Waals surface area contributed by atoms with Gasteiger partial charge in [-0.25, -0.2) is 9.18 Å². The highest BCUT2D eigenvalue weighted by Gasteiger charge is 2.45. The molecule has 0 aliphatic carbocycles. The highest BCUT2D eigenvalue weighted by Crippen LogP contribution is 2.22. The van der Waals surface area contributed by atoms with Gasteiger partial charge in [-0.2, -0.15) is 0 Å². The number of hydrogen-bond donors (Lipinski definition) is 12. The van der Waals surface area contributed by atoms with Crippen molar-refractivity contribution in [2.45, 2.75) is 121 Å². The summed E-state index contributed by atoms with van der Waals surface area (Å²) >= 11 is 0. The molecule has 0 bridgehead atoms. The van der Waals surface area contributed by atoms with Crippen molar-refractivity contribution in [2.24, 2.45) is 11.8 Å². The number of ether oxygens (including phenoxy) is 2. The molecule has 4 rings (SSSR count). The minimum Gasteiger partial charge on any atom is -0.480 e. The molecular weight excluding hydrogens is 958 g/mol. The lowest BCUT2D eigenvalue weighted by Gasteiger charge is -2.40. The van der Waals surface area contributed by atoms with E-state index in [4.69, 9.17) is 9.47 Å². The summed E-state index contributed by atoms with van der Waals surface area (Å²) in [4.78, 5) is 107. The van der Waals surface area contributed by atoms with E-state index in [9.17, 15) is 68.3 Å². The van der Waals surface area contributed by atoms with Crippen LogP contribution in [0.5, 0.6) is 0 Å². The summed E-state index contributed by atoms with van der Waals surface area (Å²) in [5, 5.41) is 68.2. The van der Waals surface area contributed by atoms with Crippen molar-refractivity contribution in [3.8, 4) is 0 Å². The summed E-state index contributed by atoms with van der Waals surface area (Å²) in [7, 11) is 0. The molecule has 1 fully saturated rings. The smallest absolute Gasteiger partial charge is 0.326 e. The van der Waals surface area contributed by atoms with Gasteiger partial charge < -0.3 is 72.2 Å². The van der Waals surface area contributed by atoms with E-state index in [1.165, 1.54) is 19.1 Å². The number of benzene rings is 3. The van der Waals surface area contributed by atoms with Crippen LogP contribution in [-0.2, 0) is 55.9 Å². The third-order valence-corrected chi connectivity index (χ3v) is 11.6. The molecule has 11 atom stereocenters. The predicted octanol–water partition coefficient (Wildman–Crippen LogP) is -1.43. The maximum atomic E-state index is 14.1. The van der Waals surface area contributed by atoms with Crippen LogP contribution in [0.1, 0.15) is 62.5 Å². The Kier molecular flexibility index (Phi) is 22.8. The SMILES string of the molecule is CC(C)C[C@H](NC(=O)[C@H](Cc1ccccc1)NC(=O)[C@@H](NC(=O)[C@H](CO[C@@H]1O[C@H](CO)[C@H](O)[C@H](O)[C@H]1O)NC(=O)CNC(=O)[C@H](C)NC(=O)[C@H](Cc1ccccc1)NC(=O)c1ccc(F)cc1)C(C)C)C(=O)O. The number of carbonyl (C=O) groups is 8. The quantitative estimate of drug-likeness (QED) is 0.0439. The summed E-state index contributed by atoms with van der Waals surface area (Å²) in [6, 6.07) is 13.5. The molecule has 22 nitrogen and oxygen atoms in total. The molecule has 0 aromatic heterocycles. The first-order valence-corrected chi connectivity index (χ1v) is 23.7. The Morgan fingerprint density at radius 1 is 0.616 bits per heavy atom. The zero-order valence-electron chi connectivity index (χ0n) is 41.0. The van der Waals surface area contributed by atoms with Crippen LogP contribution < -0.4 is 37.2 Å². The van der Waals surface area contributed by atoms with Gasteiger partial charge in [0.2, 0.25) is 35.4 Å². The largest absolute Gasteiger partial charge is 0.480 e. The van der Waals surface area contributed by atoms with Crippen LogP contribution >= 0.6 is 0 Å². The molecule has 398 valence electrons. The Hall–Kier alpha value is -6.89. The Labute approximate surface area is 421 Å². The molecule has 1 aliphatic rings. The van der Waals surface area contributed by atoms with Gasteiger partial charge in [-0.15, -0.1) is 0 Å². The number of carboxylic acids is 1. The highest BCUT2D eigenvalue weighted by atomic mass is 19.1. The van der Waals surface area contributed by atoms with E-state index < -0.39 is 146 Å². The number of carbonyl (C=O) groups excluding carboxylic acids is 7. The average Bonchev–Trinajstić information content (AvgIpc) is 3.35. The van der Waals surface area contributed by atoms with Crippen LogP contribution in [0.3, 0.4) is 0 Å². The minimum atomic E-state index is -1.92. The van der Waals surface area contributed by atoms with Crippen molar-refractivity contribution in [3.05, 3.63) is 107 Å². The highest BCUT2D eigenvalue weighted by molar-refractivity contribution is 5.99. The number of carboxylic acid groups (broad SMARTS) is 1. The van der Waals surface area contributed by atoms with Crippen LogP contribution in [0, 0.1) is 17.7 Å². The number of aliphatic hydroxyl groups is 4. The Morgan fingerprint density at radius 3 is 1.68 bits per heavy atom. The van der Waals surface area contributed by atoms with Crippen LogP contribution in [-0.4, -0.2) is 160 Å². The first kappa shape index (κ1) is 58.7. The van der Waals surface area contributed by atoms with Gasteiger partial charge in [0.25, 0.3) is 5.91 Å². The predicted molar refractivity (Wildman–Crippen MR) is 258 cm³/mol. The zero-order chi connectivity index (χ0) is 53.9. The second kappa shape index (κ2) is 28.4. The standard InChI is InChI=1S/C50H66FN7O15/c1-26(2)20-35(49(70)71)57-46(67)34(22-30-14-10-7-11-15-30)56-48(69)39(27(3)4)58-47(68)36(25-72-50-42(63)41(62)40(61)37(24-59)73-50)54-38(60)23-52-43(64)28(5)53-45(66)33(21-29-12-8-6-9-13-29)55-44(65)31-16-18-32(51)19-17-31/h6-19,26-28,33-37,39-42,50,59,61-63H,20-25H2,1-5H3,(H,52,64)(H,53,66)(H,54,60)(H,55,65)(H,56,69)(H,57,67)(H,58,68)(H,70,71)/t28-,33-,34-,35-,36-,37+,39-,40-,41-,42+,50+/m0/s1. The van der Waals surface area contributed by atoms with Gasteiger partial charge in [-0.3, -0.25) is 33.6 Å². The molecule has 7 amide bonds. The molecule has 1 saturated heterocycles. The fourth-order valence-corrected chi connectivity index (χ4v) is 7.50. The summed E-state index contributed by atoms with van der Waals surface area (Å²) in [6.45, 7) is 5.52. The van der Waals surface area contributed by atoms with Crippen LogP contribution in [0.4, 0.5) is 4.39 Å². The Balaban J connectivity index is 1.50. The number of aliphatic hydroxyl groups excluding tert-OH is 4. The van der Waals surface area contributed by atoms with E-state index in [1.54, 1.807) is 88.4 Å². The fourth-order valence-electron chi connectivity index (χ4n) is 7.50. The molecular formula is C50H66FN7O15. The van der Waals surface area contributed by atoms with Crippen molar-refractivity contribution in [1.82, 2.24) is 37.2 Å². The maximum Gasteiger partial charge on any atom is 0.326 e. The van der Waals surface area contributed by atoms with E-state index in [0.717, 1.165) is 12.1 Å². The second-order valence-corrected chi connectivity index (χ2v) is 18.3. The summed E-state index contributed by atoms with van der Waals surface area (Å²) in [5.41, 5.74) is 1.34. The van der Waals surface area contributed by atoms with Gasteiger partial charge in [0, 0.05) is 18.4 Å². The molecule has 12 N–H and O–H groups in total. The lowest BCUT2D eigenvalue weighted by atomic mass is 9.99. The number of amides is 7. The fraction of sp³-hybridized carbons (Fsp3) is 0.480. The van der Waals surface area contributed by atoms with E-state index in [1.807, 2.05) is 0 Å². The molecule has 0 saturated carbocycles. The molecule has 23 heteroatoms. The Bertz CT molecular complexity index is 2330. The van der Waals surface area contributed by atoms with Gasteiger partial charge in [0.05, 0.1) is 19.8 Å². The average molecular weight is 1020 g/mol. The second-order valence-electron chi connectivity index (χ2n) is 18.3. The van der Waals surface area contributed by atoms with Gasteiger partial charge in [-0.1, -0.05) is 88.4 Å². The number of hydrogen-bond acceptors (Lipinski definition) is 14. The molecule has 3 aromatic carbocycles. The number of nitrogens with one attached hydrogen (secondary N) is 7. The molecule has 1 heterocycles. The van der Waals surface area contributed by atoms with Crippen LogP contribution in [0.2, 0.25) is 0 Å². The number of aliphatic carboxylic acids is 1. The van der Waals surface area contributed by atoms with E-state index in [-0.39, 0.29) is 30.7 Å². The minimum absolute atomic E-state index is 0.000416. The lowest BCUT2D eigenvalue weighted by Crippen LogP contribution is -2.62. The van der Waals surface area contributed by atoms with E-state index >= 15 is 0 Å². The summed E-state index contributed by atoms with van der Waals surface area (Å²) in [5.74, 6) is -8.79. The summed E-state index contributed by atoms with van der Waals surface area (Å²) < 4.78 is 24.5. The van der Waals surface area contributed by atoms with Crippen molar-refractivity contribution >= 4 is 47.3 Å². The topological polar surface area (TPSA) is 340 Å². The van der Waals surface area contributed by atoms with Crippen molar-refractivity contribution in [2.75, 3.05) is 19.8 Å². The molecule has 3 aromatic rings. The van der Waals surface area contributed by atoms with Crippen molar-refractivity contribution in [3.63, 3.8) is 0 Å². The van der Waals surface area contributed by atoms with Gasteiger partial charge in [0.15, 0.2) is 6.29 Å². The molecule has 73 heavy (non-hydrogen) atoms. The normalized spacial score (nSPS) is 20.0. The number of halogens is 1. The third-order valence-electron chi connectivity index (χ3n) is 11.6. The first-order chi connectivity index (χ1) is 34.6. The summed E-state index contributed by atoms with van der Waals surface area (Å²) in [6.07, 6.45) is -8.72. The van der Waals surface area contributed by atoms with E-state index in [2.05, 4.69) is 37.2 Å². The number of rotatable bonds is 26. The molecule has 1 aliphatic heterocycles. The van der Waals surface area contributed by atoms with Gasteiger partial charge in [0.1, 0.15) is 66.5 Å². The maximum absolute atomic E-state index is 14.1. The molecule has 0 spiro atoms. The lowest BCUT2D eigenvalue weighted by molar-refractivity contribution is -0.301. The molecule has 0 radical (unpaired) electrons. The zero-order valence-corrected chi connectivity index (χ0v) is 41.0. The van der Waals surface area contributed by atoms with Crippen molar-refractivity contribution in [1.29, 1.82) is 0 Å².